The normalized spacial score (nSPS) is 15.1. The molecule has 1 atom stereocenters. The minimum absolute atomic E-state index is 0.0207. The van der Waals surface area contributed by atoms with E-state index in [1.54, 1.807) is 5.01 Å². The number of nitrogens with one attached hydrogen (secondary N) is 1. The van der Waals surface area contributed by atoms with Crippen LogP contribution >= 0.6 is 0 Å². The summed E-state index contributed by atoms with van der Waals surface area (Å²) in [5.41, 5.74) is 5.30. The van der Waals surface area contributed by atoms with Crippen LogP contribution in [0.4, 0.5) is 5.69 Å². The average Bonchev–Trinajstić information content (AvgIpc) is 2.58. The summed E-state index contributed by atoms with van der Waals surface area (Å²) < 4.78 is 0. The minimum atomic E-state index is 0.0207. The molecular formula is C19H26N2O. The molecule has 1 unspecified atom stereocenters. The Kier molecular flexibility index (Phi) is 6.26. The third-order valence-corrected chi connectivity index (χ3v) is 3.92. The molecule has 1 N–H and O–H groups in total. The lowest BCUT2D eigenvalue weighted by atomic mass is 10.0. The third-order valence-electron chi connectivity index (χ3n) is 3.92. The van der Waals surface area contributed by atoms with E-state index in [2.05, 4.69) is 18.4 Å². The van der Waals surface area contributed by atoms with Crippen molar-refractivity contribution in [3.05, 3.63) is 54.3 Å². The highest BCUT2D eigenvalue weighted by Gasteiger charge is 2.22. The molecule has 0 aromatic heterocycles. The van der Waals surface area contributed by atoms with Gasteiger partial charge >= 0.3 is 0 Å². The number of rotatable bonds is 7. The van der Waals surface area contributed by atoms with Crippen molar-refractivity contribution in [2.45, 2.75) is 46.0 Å². The van der Waals surface area contributed by atoms with Crippen LogP contribution in [-0.4, -0.2) is 5.91 Å². The van der Waals surface area contributed by atoms with Gasteiger partial charge in [0.15, 0.2) is 0 Å². The van der Waals surface area contributed by atoms with E-state index >= 15 is 0 Å². The number of nitrogens with zero attached hydrogens (tertiary/aromatic N) is 1. The number of benzene rings is 1. The maximum Gasteiger partial charge on any atom is 0.248 e. The smallest absolute Gasteiger partial charge is 0.248 e. The molecule has 0 heterocycles. The predicted octanol–water partition coefficient (Wildman–Crippen LogP) is 4.58. The van der Waals surface area contributed by atoms with Crippen molar-refractivity contribution in [2.75, 3.05) is 5.01 Å². The van der Waals surface area contributed by atoms with Crippen LogP contribution in [0.15, 0.2) is 54.3 Å². The van der Waals surface area contributed by atoms with Gasteiger partial charge in [-0.05, 0) is 37.5 Å². The molecule has 0 fully saturated rings. The van der Waals surface area contributed by atoms with Crippen molar-refractivity contribution < 1.29 is 4.79 Å². The van der Waals surface area contributed by atoms with E-state index in [4.69, 9.17) is 0 Å². The van der Waals surface area contributed by atoms with Gasteiger partial charge in [-0.3, -0.25) is 10.2 Å². The summed E-state index contributed by atoms with van der Waals surface area (Å²) in [5, 5.41) is 1.71. The molecule has 0 aliphatic heterocycles. The van der Waals surface area contributed by atoms with E-state index < -0.39 is 0 Å². The number of carbonyl (C=O) groups is 1. The Hall–Kier alpha value is -2.03. The molecule has 118 valence electrons. The van der Waals surface area contributed by atoms with Crippen LogP contribution in [0.25, 0.3) is 0 Å². The second-order valence-electron chi connectivity index (χ2n) is 5.82. The first kappa shape index (κ1) is 16.3. The van der Waals surface area contributed by atoms with E-state index in [1.807, 2.05) is 49.4 Å². The lowest BCUT2D eigenvalue weighted by Crippen LogP contribution is -2.45. The highest BCUT2D eigenvalue weighted by Crippen LogP contribution is 2.20. The zero-order valence-corrected chi connectivity index (χ0v) is 13.6. The molecule has 0 saturated carbocycles. The van der Waals surface area contributed by atoms with Crippen molar-refractivity contribution in [1.29, 1.82) is 0 Å². The highest BCUT2D eigenvalue weighted by atomic mass is 16.2. The fraction of sp³-hybridized carbons (Fsp3) is 0.421. The number of para-hydroxylation sites is 1. The van der Waals surface area contributed by atoms with Gasteiger partial charge in [-0.25, -0.2) is 5.01 Å². The van der Waals surface area contributed by atoms with Crippen molar-refractivity contribution in [1.82, 2.24) is 5.43 Å². The summed E-state index contributed by atoms with van der Waals surface area (Å²) in [5.74, 6) is 0.155. The quantitative estimate of drug-likeness (QED) is 0.747. The van der Waals surface area contributed by atoms with E-state index in [0.717, 1.165) is 43.5 Å². The van der Waals surface area contributed by atoms with Gasteiger partial charge in [0.05, 0.1) is 5.69 Å². The number of carbonyl (C=O) groups excluding carboxylic acids is 1. The number of hydrogen-bond donors (Lipinski definition) is 1. The molecule has 3 nitrogen and oxygen atoms in total. The van der Waals surface area contributed by atoms with Gasteiger partial charge in [0.2, 0.25) is 5.91 Å². The Morgan fingerprint density at radius 2 is 2.09 bits per heavy atom. The van der Waals surface area contributed by atoms with Crippen LogP contribution in [0.1, 0.15) is 46.0 Å². The van der Waals surface area contributed by atoms with Crippen LogP contribution in [0, 0.1) is 5.92 Å². The van der Waals surface area contributed by atoms with Gasteiger partial charge in [0, 0.05) is 11.6 Å². The molecule has 2 rings (SSSR count). The van der Waals surface area contributed by atoms with Crippen molar-refractivity contribution in [3.8, 4) is 0 Å². The van der Waals surface area contributed by atoms with Crippen molar-refractivity contribution >= 4 is 11.6 Å². The number of allylic oxidation sites excluding steroid dienone is 4. The van der Waals surface area contributed by atoms with Crippen LogP contribution in [0.5, 0.6) is 0 Å². The van der Waals surface area contributed by atoms with Gasteiger partial charge < -0.3 is 0 Å². The standard InChI is InChI=1S/C19H26N2O/c1-3-4-11-16(2)19(22)21(18-14-9-6-10-15-18)20-17-12-7-5-8-13-17/h5-7,9-10,12,14-16,20H,3-4,8,11,13H2,1-2H3. The Balaban J connectivity index is 2.16. The fourth-order valence-corrected chi connectivity index (χ4v) is 2.52. The molecule has 0 bridgehead atoms. The summed E-state index contributed by atoms with van der Waals surface area (Å²) in [6, 6.07) is 9.83. The van der Waals surface area contributed by atoms with Crippen LogP contribution in [0.3, 0.4) is 0 Å². The van der Waals surface area contributed by atoms with Gasteiger partial charge in [0.1, 0.15) is 0 Å². The Labute approximate surface area is 133 Å². The Morgan fingerprint density at radius 1 is 1.32 bits per heavy atom. The molecule has 0 radical (unpaired) electrons. The predicted molar refractivity (Wildman–Crippen MR) is 92.2 cm³/mol. The van der Waals surface area contributed by atoms with Gasteiger partial charge in [-0.15, -0.1) is 0 Å². The fourth-order valence-electron chi connectivity index (χ4n) is 2.52. The van der Waals surface area contributed by atoms with Crippen molar-refractivity contribution in [3.63, 3.8) is 0 Å². The highest BCUT2D eigenvalue weighted by molar-refractivity contribution is 5.94. The lowest BCUT2D eigenvalue weighted by molar-refractivity contribution is -0.122. The van der Waals surface area contributed by atoms with Crippen molar-refractivity contribution in [2.24, 2.45) is 5.92 Å². The number of unbranched alkanes of at least 4 members (excludes halogenated alkanes) is 1. The molecule has 0 spiro atoms. The number of anilines is 1. The summed E-state index contributed by atoms with van der Waals surface area (Å²) in [6.45, 7) is 4.17. The molecule has 1 aromatic carbocycles. The molecule has 1 amide bonds. The van der Waals surface area contributed by atoms with Gasteiger partial charge in [0.25, 0.3) is 0 Å². The number of hydrazine groups is 1. The molecule has 22 heavy (non-hydrogen) atoms. The molecular weight excluding hydrogens is 272 g/mol. The number of amides is 1. The van der Waals surface area contributed by atoms with E-state index in [0.29, 0.717) is 0 Å². The average molecular weight is 298 g/mol. The second kappa shape index (κ2) is 8.42. The third kappa shape index (κ3) is 4.48. The molecule has 1 aliphatic rings. The number of hydrogen-bond acceptors (Lipinski definition) is 2. The van der Waals surface area contributed by atoms with Crippen LogP contribution < -0.4 is 10.4 Å². The molecule has 3 heteroatoms. The summed E-state index contributed by atoms with van der Waals surface area (Å²) in [7, 11) is 0. The Morgan fingerprint density at radius 3 is 2.73 bits per heavy atom. The molecule has 0 saturated heterocycles. The summed E-state index contributed by atoms with van der Waals surface area (Å²) in [6.07, 6.45) is 11.3. The molecule has 1 aliphatic carbocycles. The van der Waals surface area contributed by atoms with E-state index in [9.17, 15) is 4.79 Å². The minimum Gasteiger partial charge on any atom is -0.295 e. The lowest BCUT2D eigenvalue weighted by Gasteiger charge is -2.29. The largest absolute Gasteiger partial charge is 0.295 e. The molecule has 1 aromatic rings. The second-order valence-corrected chi connectivity index (χ2v) is 5.82. The monoisotopic (exact) mass is 298 g/mol. The van der Waals surface area contributed by atoms with Crippen LogP contribution in [0.2, 0.25) is 0 Å². The first-order valence-electron chi connectivity index (χ1n) is 8.23. The summed E-state index contributed by atoms with van der Waals surface area (Å²) in [4.78, 5) is 12.8. The van der Waals surface area contributed by atoms with E-state index in [1.165, 1.54) is 0 Å². The Bertz CT molecular complexity index is 534. The zero-order chi connectivity index (χ0) is 15.8. The maximum atomic E-state index is 12.8. The first-order valence-corrected chi connectivity index (χ1v) is 8.23. The summed E-state index contributed by atoms with van der Waals surface area (Å²) >= 11 is 0. The van der Waals surface area contributed by atoms with Gasteiger partial charge in [-0.2, -0.15) is 0 Å². The van der Waals surface area contributed by atoms with Gasteiger partial charge in [-0.1, -0.05) is 57.0 Å². The van der Waals surface area contributed by atoms with E-state index in [-0.39, 0.29) is 11.8 Å². The zero-order valence-electron chi connectivity index (χ0n) is 13.6. The van der Waals surface area contributed by atoms with Crippen LogP contribution in [-0.2, 0) is 4.79 Å². The topological polar surface area (TPSA) is 32.3 Å². The maximum absolute atomic E-state index is 12.8. The first-order chi connectivity index (χ1) is 10.7. The SMILES string of the molecule is CCCCC(C)C(=O)N(NC1=CC=CCC1)c1ccccc1.